The molecule has 0 aliphatic rings. The van der Waals surface area contributed by atoms with E-state index in [1.54, 1.807) is 0 Å². The van der Waals surface area contributed by atoms with E-state index in [1.165, 1.54) is 24.3 Å². The van der Waals surface area contributed by atoms with Crippen molar-refractivity contribution in [2.45, 2.75) is 65.2 Å². The lowest BCUT2D eigenvalue weighted by atomic mass is 10.1. The second-order valence-electron chi connectivity index (χ2n) is 7.36. The molecule has 31 heavy (non-hydrogen) atoms. The first-order valence-corrected chi connectivity index (χ1v) is 12.2. The lowest BCUT2D eigenvalue weighted by molar-refractivity contribution is -0.148. The van der Waals surface area contributed by atoms with Crippen LogP contribution in [-0.4, -0.2) is 44.4 Å². The van der Waals surface area contributed by atoms with Gasteiger partial charge >= 0.3 is 11.9 Å². The maximum absolute atomic E-state index is 11.7. The summed E-state index contributed by atoms with van der Waals surface area (Å²) in [7, 11) is -3.34. The Bertz CT molecular complexity index is 692. The van der Waals surface area contributed by atoms with E-state index in [9.17, 15) is 23.5 Å². The van der Waals surface area contributed by atoms with Crippen LogP contribution in [0.3, 0.4) is 0 Å². The lowest BCUT2D eigenvalue weighted by Crippen LogP contribution is -2.19. The Morgan fingerprint density at radius 1 is 1.00 bits per heavy atom. The third-order valence-corrected chi connectivity index (χ3v) is 6.32. The minimum atomic E-state index is -3.34. The largest absolute Gasteiger partial charge is 0.480 e. The van der Waals surface area contributed by atoms with Gasteiger partial charge in [-0.05, 0) is 43.5 Å². The molecule has 0 saturated heterocycles. The first-order valence-electron chi connectivity index (χ1n) is 10.5. The third-order valence-electron chi connectivity index (χ3n) is 4.64. The number of carbonyl (C=O) groups excluding carboxylic acids is 2. The molecule has 0 bridgehead atoms. The Hall–Kier alpha value is -2.10. The minimum absolute atomic E-state index is 0.0547. The first-order chi connectivity index (χ1) is 14.5. The molecule has 1 amide bonds. The number of ether oxygens (including phenoxy) is 1. The van der Waals surface area contributed by atoms with E-state index in [2.05, 4.69) is 12.2 Å². The Labute approximate surface area is 186 Å². The van der Waals surface area contributed by atoms with Crippen LogP contribution in [0.25, 0.3) is 0 Å². The van der Waals surface area contributed by atoms with Crippen LogP contribution >= 0.6 is 10.6 Å². The standard InChI is InChI=1S/C13H19NO5S.C9H18O2/c1-3-9(2)13(17)14-10-4-6-11(7-5-10)20(18,19)8-12(15)16;1-4-6-7-11-9(10)8(3)5-2/h4-7,9,18-19H,3,8H2,1-2H3,(H,14,17)(H,15,16);8H,4-7H2,1-3H3. The van der Waals surface area contributed by atoms with Crippen molar-refractivity contribution in [1.29, 1.82) is 0 Å². The number of nitrogens with one attached hydrogen (secondary N) is 1. The number of hydrogen-bond donors (Lipinski definition) is 4. The topological polar surface area (TPSA) is 133 Å². The van der Waals surface area contributed by atoms with E-state index in [0.29, 0.717) is 12.3 Å². The SMILES string of the molecule is CCC(C)C(=O)Nc1ccc(S(O)(O)CC(=O)O)cc1.CCCCOC(=O)C(C)CC. The summed E-state index contributed by atoms with van der Waals surface area (Å²) < 4.78 is 24.4. The number of carboxylic acid groups (broad SMARTS) is 1. The number of unbranched alkanes of at least 4 members (excludes halogenated alkanes) is 1. The van der Waals surface area contributed by atoms with E-state index >= 15 is 0 Å². The summed E-state index contributed by atoms with van der Waals surface area (Å²) in [6.07, 6.45) is 3.64. The van der Waals surface area contributed by atoms with E-state index in [1.807, 2.05) is 27.7 Å². The molecular weight excluding hydrogens is 422 g/mol. The summed E-state index contributed by atoms with van der Waals surface area (Å²) in [4.78, 5) is 33.4. The van der Waals surface area contributed by atoms with Crippen molar-refractivity contribution in [3.05, 3.63) is 24.3 Å². The molecule has 0 spiro atoms. The van der Waals surface area contributed by atoms with Gasteiger partial charge in [0.1, 0.15) is 5.75 Å². The average Bonchev–Trinajstić information content (AvgIpc) is 2.72. The molecule has 0 aliphatic carbocycles. The fourth-order valence-electron chi connectivity index (χ4n) is 2.09. The van der Waals surface area contributed by atoms with Crippen molar-refractivity contribution in [3.63, 3.8) is 0 Å². The highest BCUT2D eigenvalue weighted by Crippen LogP contribution is 2.47. The zero-order valence-electron chi connectivity index (χ0n) is 19.1. The molecule has 0 saturated carbocycles. The Morgan fingerprint density at radius 3 is 2.00 bits per heavy atom. The van der Waals surface area contributed by atoms with E-state index < -0.39 is 22.3 Å². The monoisotopic (exact) mass is 459 g/mol. The van der Waals surface area contributed by atoms with Crippen molar-refractivity contribution in [3.8, 4) is 0 Å². The number of benzene rings is 1. The molecule has 0 aromatic heterocycles. The Kier molecular flexibility index (Phi) is 13.8. The highest BCUT2D eigenvalue weighted by Gasteiger charge is 2.20. The van der Waals surface area contributed by atoms with Gasteiger partial charge in [-0.15, -0.1) is 0 Å². The van der Waals surface area contributed by atoms with Crippen molar-refractivity contribution < 1.29 is 33.3 Å². The van der Waals surface area contributed by atoms with Crippen LogP contribution in [0.4, 0.5) is 5.69 Å². The van der Waals surface area contributed by atoms with Gasteiger partial charge in [0.25, 0.3) is 0 Å². The number of anilines is 1. The molecule has 1 rings (SSSR count). The maximum atomic E-state index is 11.7. The second kappa shape index (κ2) is 14.8. The third kappa shape index (κ3) is 11.8. The quantitative estimate of drug-likeness (QED) is 0.263. The van der Waals surface area contributed by atoms with Crippen LogP contribution in [-0.2, 0) is 19.1 Å². The molecule has 1 aromatic carbocycles. The normalized spacial score (nSPS) is 13.3. The summed E-state index contributed by atoms with van der Waals surface area (Å²) in [6.45, 7) is 10.3. The molecule has 0 radical (unpaired) electrons. The van der Waals surface area contributed by atoms with Gasteiger partial charge in [-0.3, -0.25) is 23.5 Å². The summed E-state index contributed by atoms with van der Waals surface area (Å²) in [5.74, 6) is -2.22. The molecule has 9 heteroatoms. The van der Waals surface area contributed by atoms with Crippen LogP contribution < -0.4 is 5.32 Å². The minimum Gasteiger partial charge on any atom is -0.480 e. The predicted molar refractivity (Wildman–Crippen MR) is 123 cm³/mol. The number of esters is 1. The number of amides is 1. The van der Waals surface area contributed by atoms with Gasteiger partial charge in [-0.1, -0.05) is 41.0 Å². The molecule has 0 aliphatic heterocycles. The molecule has 2 atom stereocenters. The number of aliphatic carboxylic acids is 1. The molecule has 8 nitrogen and oxygen atoms in total. The van der Waals surface area contributed by atoms with Crippen molar-refractivity contribution in [1.82, 2.24) is 0 Å². The zero-order chi connectivity index (χ0) is 24.0. The Balaban J connectivity index is 0.000000695. The van der Waals surface area contributed by atoms with Crippen LogP contribution in [0.5, 0.6) is 0 Å². The van der Waals surface area contributed by atoms with Gasteiger partial charge in [-0.2, -0.15) is 10.6 Å². The molecular formula is C22H37NO7S. The smallest absolute Gasteiger partial charge is 0.323 e. The maximum Gasteiger partial charge on any atom is 0.323 e. The summed E-state index contributed by atoms with van der Waals surface area (Å²) in [5.41, 5.74) is 0.532. The number of rotatable bonds is 11. The molecule has 2 unspecified atom stereocenters. The van der Waals surface area contributed by atoms with Crippen LogP contribution in [0, 0.1) is 11.8 Å². The van der Waals surface area contributed by atoms with Gasteiger partial charge in [-0.25, -0.2) is 0 Å². The van der Waals surface area contributed by atoms with Crippen LogP contribution in [0.15, 0.2) is 29.2 Å². The van der Waals surface area contributed by atoms with E-state index in [-0.39, 0.29) is 28.6 Å². The van der Waals surface area contributed by atoms with Crippen molar-refractivity contribution in [2.75, 3.05) is 17.7 Å². The van der Waals surface area contributed by atoms with Gasteiger partial charge in [0, 0.05) is 11.6 Å². The van der Waals surface area contributed by atoms with E-state index in [0.717, 1.165) is 25.7 Å². The summed E-state index contributed by atoms with van der Waals surface area (Å²) in [5, 5.41) is 11.3. The fraction of sp³-hybridized carbons (Fsp3) is 0.591. The Morgan fingerprint density at radius 2 is 1.55 bits per heavy atom. The first kappa shape index (κ1) is 28.9. The van der Waals surface area contributed by atoms with Crippen LogP contribution in [0.2, 0.25) is 0 Å². The number of carboxylic acids is 1. The van der Waals surface area contributed by atoms with Crippen molar-refractivity contribution in [2.24, 2.45) is 11.8 Å². The lowest BCUT2D eigenvalue weighted by Gasteiger charge is -2.30. The molecule has 4 N–H and O–H groups in total. The van der Waals surface area contributed by atoms with Gasteiger partial charge in [0.05, 0.1) is 17.4 Å². The van der Waals surface area contributed by atoms with Crippen molar-refractivity contribution >= 4 is 34.1 Å². The molecule has 1 aromatic rings. The molecule has 0 fully saturated rings. The van der Waals surface area contributed by atoms with Gasteiger partial charge < -0.3 is 15.2 Å². The molecule has 0 heterocycles. The predicted octanol–water partition coefficient (Wildman–Crippen LogP) is 5.24. The zero-order valence-corrected chi connectivity index (χ0v) is 19.9. The van der Waals surface area contributed by atoms with Gasteiger partial charge in [0.2, 0.25) is 5.91 Å². The number of hydrogen-bond acceptors (Lipinski definition) is 6. The van der Waals surface area contributed by atoms with Crippen LogP contribution in [0.1, 0.15) is 60.3 Å². The fourth-order valence-corrected chi connectivity index (χ4v) is 3.17. The highest BCUT2D eigenvalue weighted by molar-refractivity contribution is 8.24. The second-order valence-corrected chi connectivity index (χ2v) is 9.45. The number of carbonyl (C=O) groups is 3. The van der Waals surface area contributed by atoms with E-state index in [4.69, 9.17) is 9.84 Å². The van der Waals surface area contributed by atoms with Gasteiger partial charge in [0.15, 0.2) is 0 Å². The molecule has 178 valence electrons. The highest BCUT2D eigenvalue weighted by atomic mass is 32.3. The average molecular weight is 460 g/mol. The summed E-state index contributed by atoms with van der Waals surface area (Å²) >= 11 is 0. The summed E-state index contributed by atoms with van der Waals surface area (Å²) in [6, 6.07) is 5.85.